The first-order chi connectivity index (χ1) is 13.1. The smallest absolute Gasteiger partial charge is 0.191 e. The van der Waals surface area contributed by atoms with Crippen LogP contribution >= 0.6 is 11.3 Å². The molecule has 0 N–H and O–H groups in total. The predicted octanol–water partition coefficient (Wildman–Crippen LogP) is 3.68. The Hall–Kier alpha value is -2.38. The highest BCUT2D eigenvalue weighted by molar-refractivity contribution is 7.11. The van der Waals surface area contributed by atoms with E-state index < -0.39 is 0 Å². The van der Waals surface area contributed by atoms with Crippen LogP contribution in [0.2, 0.25) is 0 Å². The molecular formula is C20H22FN5S. The Bertz CT molecular complexity index is 900. The van der Waals surface area contributed by atoms with Crippen LogP contribution in [0.25, 0.3) is 11.3 Å². The highest BCUT2D eigenvalue weighted by Crippen LogP contribution is 2.27. The van der Waals surface area contributed by atoms with Gasteiger partial charge in [0.05, 0.1) is 12.2 Å². The van der Waals surface area contributed by atoms with Crippen molar-refractivity contribution < 1.29 is 4.39 Å². The third kappa shape index (κ3) is 3.84. The van der Waals surface area contributed by atoms with Gasteiger partial charge in [0.2, 0.25) is 0 Å². The lowest BCUT2D eigenvalue weighted by molar-refractivity contribution is 0.248. The third-order valence-corrected chi connectivity index (χ3v) is 5.98. The van der Waals surface area contributed by atoms with Crippen molar-refractivity contribution in [3.05, 3.63) is 58.1 Å². The normalized spacial score (nSPS) is 15.3. The maximum atomic E-state index is 15.0. The fourth-order valence-electron chi connectivity index (χ4n) is 3.29. The van der Waals surface area contributed by atoms with Crippen molar-refractivity contribution in [2.75, 3.05) is 31.1 Å². The Morgan fingerprint density at radius 1 is 1.04 bits per heavy atom. The number of aromatic nitrogens is 3. The van der Waals surface area contributed by atoms with Crippen LogP contribution in [0.1, 0.15) is 15.6 Å². The van der Waals surface area contributed by atoms with Crippen molar-refractivity contribution in [1.82, 2.24) is 19.9 Å². The molecule has 0 bridgehead atoms. The summed E-state index contributed by atoms with van der Waals surface area (Å²) >= 11 is 1.76. The zero-order valence-electron chi connectivity index (χ0n) is 15.5. The monoisotopic (exact) mass is 383 g/mol. The molecule has 0 unspecified atom stereocenters. The number of piperazine rings is 1. The number of rotatable bonds is 4. The highest BCUT2D eigenvalue weighted by Gasteiger charge is 2.23. The molecule has 1 aromatic carbocycles. The lowest BCUT2D eigenvalue weighted by Crippen LogP contribution is -2.46. The third-order valence-electron chi connectivity index (χ3n) is 4.92. The van der Waals surface area contributed by atoms with Crippen LogP contribution in [0.4, 0.5) is 10.2 Å². The summed E-state index contributed by atoms with van der Waals surface area (Å²) in [5.41, 5.74) is 2.24. The quantitative estimate of drug-likeness (QED) is 0.688. The molecule has 0 saturated carbocycles. The lowest BCUT2D eigenvalue weighted by atomic mass is 10.1. The van der Waals surface area contributed by atoms with Gasteiger partial charge in [0.25, 0.3) is 0 Å². The van der Waals surface area contributed by atoms with Crippen molar-refractivity contribution in [3.63, 3.8) is 0 Å². The van der Waals surface area contributed by atoms with Gasteiger partial charge < -0.3 is 4.90 Å². The van der Waals surface area contributed by atoms with Gasteiger partial charge in [-0.1, -0.05) is 30.3 Å². The molecule has 0 spiro atoms. The van der Waals surface area contributed by atoms with E-state index in [4.69, 9.17) is 0 Å². The number of halogens is 1. The molecule has 1 aliphatic rings. The summed E-state index contributed by atoms with van der Waals surface area (Å²) in [5, 5.41) is 1.15. The average Bonchev–Trinajstić information content (AvgIpc) is 3.00. The zero-order valence-corrected chi connectivity index (χ0v) is 16.3. The summed E-state index contributed by atoms with van der Waals surface area (Å²) in [6.07, 6.45) is 1.45. The van der Waals surface area contributed by atoms with E-state index in [9.17, 15) is 0 Å². The molecule has 7 heteroatoms. The van der Waals surface area contributed by atoms with Gasteiger partial charge in [0, 0.05) is 36.6 Å². The van der Waals surface area contributed by atoms with Gasteiger partial charge in [-0.25, -0.2) is 19.3 Å². The van der Waals surface area contributed by atoms with E-state index in [0.717, 1.165) is 49.0 Å². The van der Waals surface area contributed by atoms with Crippen molar-refractivity contribution in [2.24, 2.45) is 0 Å². The van der Waals surface area contributed by atoms with Crippen molar-refractivity contribution in [1.29, 1.82) is 0 Å². The number of thiazole rings is 1. The summed E-state index contributed by atoms with van der Waals surface area (Å²) in [7, 11) is 0. The van der Waals surface area contributed by atoms with Gasteiger partial charge in [-0.05, 0) is 13.8 Å². The van der Waals surface area contributed by atoms with Crippen LogP contribution in [0.5, 0.6) is 0 Å². The minimum absolute atomic E-state index is 0.344. The molecule has 2 aromatic heterocycles. The van der Waals surface area contributed by atoms with Crippen LogP contribution in [0, 0.1) is 19.7 Å². The molecule has 5 nitrogen and oxygen atoms in total. The maximum absolute atomic E-state index is 15.0. The van der Waals surface area contributed by atoms with Crippen LogP contribution in [0.3, 0.4) is 0 Å². The van der Waals surface area contributed by atoms with Crippen LogP contribution in [-0.2, 0) is 6.54 Å². The molecule has 3 heterocycles. The van der Waals surface area contributed by atoms with Crippen LogP contribution in [-0.4, -0.2) is 46.0 Å². The fourth-order valence-corrected chi connectivity index (χ4v) is 4.27. The Labute approximate surface area is 162 Å². The largest absolute Gasteiger partial charge is 0.352 e. The second kappa shape index (κ2) is 7.70. The first-order valence-electron chi connectivity index (χ1n) is 9.08. The molecule has 1 fully saturated rings. The number of nitrogens with zero attached hydrogens (tertiary/aromatic N) is 5. The highest BCUT2D eigenvalue weighted by atomic mass is 32.1. The van der Waals surface area contributed by atoms with E-state index in [0.29, 0.717) is 11.5 Å². The van der Waals surface area contributed by atoms with Crippen molar-refractivity contribution >= 4 is 17.2 Å². The minimum atomic E-state index is -0.344. The topological polar surface area (TPSA) is 45.2 Å². The van der Waals surface area contributed by atoms with Crippen LogP contribution in [0.15, 0.2) is 36.7 Å². The van der Waals surface area contributed by atoms with Gasteiger partial charge in [0.15, 0.2) is 11.6 Å². The van der Waals surface area contributed by atoms with E-state index >= 15 is 4.39 Å². The first-order valence-corrected chi connectivity index (χ1v) is 9.89. The standard InChI is InChI=1S/C20H22FN5S/c1-14-15(2)27-17(24-14)12-25-8-10-26(11-9-25)20-18(21)19(22-13-23-20)16-6-4-3-5-7-16/h3-7,13H,8-12H2,1-2H3. The summed E-state index contributed by atoms with van der Waals surface area (Å²) in [6, 6.07) is 9.42. The van der Waals surface area contributed by atoms with Gasteiger partial charge >= 0.3 is 0 Å². The Morgan fingerprint density at radius 2 is 1.78 bits per heavy atom. The number of hydrogen-bond acceptors (Lipinski definition) is 6. The molecule has 1 saturated heterocycles. The second-order valence-corrected chi connectivity index (χ2v) is 8.03. The molecule has 27 heavy (non-hydrogen) atoms. The molecule has 140 valence electrons. The number of aryl methyl sites for hydroxylation is 2. The summed E-state index contributed by atoms with van der Waals surface area (Å²) in [4.78, 5) is 18.7. The molecular weight excluding hydrogens is 361 g/mol. The first kappa shape index (κ1) is 18.0. The summed E-state index contributed by atoms with van der Waals surface area (Å²) < 4.78 is 15.0. The second-order valence-electron chi connectivity index (χ2n) is 6.74. The Kier molecular flexibility index (Phi) is 5.13. The van der Waals surface area contributed by atoms with Crippen LogP contribution < -0.4 is 4.90 Å². The zero-order chi connectivity index (χ0) is 18.8. The van der Waals surface area contributed by atoms with Crippen molar-refractivity contribution in [2.45, 2.75) is 20.4 Å². The fraction of sp³-hybridized carbons (Fsp3) is 0.350. The molecule has 4 rings (SSSR count). The van der Waals surface area contributed by atoms with E-state index in [1.807, 2.05) is 35.2 Å². The minimum Gasteiger partial charge on any atom is -0.352 e. The summed E-state index contributed by atoms with van der Waals surface area (Å²) in [5.74, 6) is 0.0489. The van der Waals surface area contributed by atoms with Gasteiger partial charge in [-0.15, -0.1) is 11.3 Å². The molecule has 3 aromatic rings. The molecule has 0 radical (unpaired) electrons. The van der Waals surface area contributed by atoms with E-state index in [-0.39, 0.29) is 5.82 Å². The SMILES string of the molecule is Cc1nc(CN2CCN(c3ncnc(-c4ccccc4)c3F)CC2)sc1C. The van der Waals surface area contributed by atoms with Gasteiger partial charge in [-0.2, -0.15) is 0 Å². The van der Waals surface area contributed by atoms with Gasteiger partial charge in [-0.3, -0.25) is 4.90 Å². The van der Waals surface area contributed by atoms with E-state index in [2.05, 4.69) is 33.7 Å². The van der Waals surface area contributed by atoms with Gasteiger partial charge in [0.1, 0.15) is 17.0 Å². The number of benzene rings is 1. The summed E-state index contributed by atoms with van der Waals surface area (Å²) in [6.45, 7) is 8.22. The number of hydrogen-bond donors (Lipinski definition) is 0. The van der Waals surface area contributed by atoms with E-state index in [1.165, 1.54) is 11.2 Å². The molecule has 0 amide bonds. The average molecular weight is 383 g/mol. The Balaban J connectivity index is 1.45. The molecule has 0 atom stereocenters. The number of anilines is 1. The van der Waals surface area contributed by atoms with E-state index in [1.54, 1.807) is 11.3 Å². The maximum Gasteiger partial charge on any atom is 0.191 e. The lowest BCUT2D eigenvalue weighted by Gasteiger charge is -2.35. The Morgan fingerprint density at radius 3 is 2.44 bits per heavy atom. The molecule has 0 aliphatic carbocycles. The molecule has 1 aliphatic heterocycles. The predicted molar refractivity (Wildman–Crippen MR) is 107 cm³/mol. The van der Waals surface area contributed by atoms with Crippen molar-refractivity contribution in [3.8, 4) is 11.3 Å².